The topological polar surface area (TPSA) is 20.2 Å². The molecule has 0 saturated heterocycles. The molecule has 2 aromatic carbocycles. The summed E-state index contributed by atoms with van der Waals surface area (Å²) in [5.41, 5.74) is 1.02. The predicted molar refractivity (Wildman–Crippen MR) is 86.0 cm³/mol. The van der Waals surface area contributed by atoms with Crippen LogP contribution in [0.3, 0.4) is 0 Å². The van der Waals surface area contributed by atoms with Crippen molar-refractivity contribution in [1.82, 2.24) is 0 Å². The van der Waals surface area contributed by atoms with Gasteiger partial charge < -0.3 is 5.11 Å². The van der Waals surface area contributed by atoms with Crippen molar-refractivity contribution < 1.29 is 5.11 Å². The van der Waals surface area contributed by atoms with E-state index in [1.165, 1.54) is 9.79 Å². The summed E-state index contributed by atoms with van der Waals surface area (Å²) in [4.78, 5) is 2.44. The Bertz CT molecular complexity index is 505. The van der Waals surface area contributed by atoms with Gasteiger partial charge >= 0.3 is 0 Å². The van der Waals surface area contributed by atoms with Gasteiger partial charge in [0.05, 0.1) is 6.10 Å². The summed E-state index contributed by atoms with van der Waals surface area (Å²) in [6.45, 7) is 4.37. The van der Waals surface area contributed by atoms with Crippen molar-refractivity contribution in [3.8, 4) is 0 Å². The Kier molecular flexibility index (Phi) is 5.69. The number of rotatable bonds is 6. The Morgan fingerprint density at radius 3 is 2.05 bits per heavy atom. The van der Waals surface area contributed by atoms with Crippen LogP contribution in [0.15, 0.2) is 64.4 Å². The number of benzene rings is 2. The largest absolute Gasteiger partial charge is 0.388 e. The zero-order chi connectivity index (χ0) is 14.4. The highest BCUT2D eigenvalue weighted by Gasteiger charge is 2.08. The molecule has 0 heterocycles. The Labute approximate surface area is 126 Å². The number of hydrogen-bond acceptors (Lipinski definition) is 2. The molecule has 2 rings (SSSR count). The van der Waals surface area contributed by atoms with Crippen molar-refractivity contribution >= 4 is 11.8 Å². The normalized spacial score (nSPS) is 12.6. The van der Waals surface area contributed by atoms with E-state index in [4.69, 9.17) is 0 Å². The molecule has 0 spiro atoms. The van der Waals surface area contributed by atoms with E-state index in [1.807, 2.05) is 30.3 Å². The van der Waals surface area contributed by atoms with Crippen molar-refractivity contribution in [1.29, 1.82) is 0 Å². The fourth-order valence-corrected chi connectivity index (χ4v) is 2.88. The molecule has 0 fully saturated rings. The lowest BCUT2D eigenvalue weighted by Gasteiger charge is -2.13. The summed E-state index contributed by atoms with van der Waals surface area (Å²) in [7, 11) is 0. The second-order valence-electron chi connectivity index (χ2n) is 5.47. The second kappa shape index (κ2) is 7.51. The van der Waals surface area contributed by atoms with Crippen molar-refractivity contribution in [2.75, 3.05) is 0 Å². The zero-order valence-electron chi connectivity index (χ0n) is 12.1. The van der Waals surface area contributed by atoms with E-state index >= 15 is 0 Å². The summed E-state index contributed by atoms with van der Waals surface area (Å²) in [5, 5.41) is 10.1. The van der Waals surface area contributed by atoms with Gasteiger partial charge in [-0.25, -0.2) is 0 Å². The lowest BCUT2D eigenvalue weighted by atomic mass is 10.0. The van der Waals surface area contributed by atoms with Gasteiger partial charge in [-0.2, -0.15) is 0 Å². The van der Waals surface area contributed by atoms with Gasteiger partial charge in [-0.3, -0.25) is 0 Å². The first kappa shape index (κ1) is 15.1. The highest BCUT2D eigenvalue weighted by atomic mass is 32.2. The van der Waals surface area contributed by atoms with Crippen molar-refractivity contribution in [3.05, 3.63) is 60.2 Å². The SMILES string of the molecule is CC(C)CCC(O)c1ccc(Sc2ccccc2)cc1. The van der Waals surface area contributed by atoms with Crippen LogP contribution in [0.5, 0.6) is 0 Å². The number of aliphatic hydroxyl groups is 1. The van der Waals surface area contributed by atoms with Gasteiger partial charge in [0.2, 0.25) is 0 Å². The summed E-state index contributed by atoms with van der Waals surface area (Å²) in [6, 6.07) is 18.6. The first-order valence-electron chi connectivity index (χ1n) is 7.16. The second-order valence-corrected chi connectivity index (χ2v) is 6.62. The molecule has 2 aromatic rings. The lowest BCUT2D eigenvalue weighted by molar-refractivity contribution is 0.159. The number of hydrogen-bond donors (Lipinski definition) is 1. The van der Waals surface area contributed by atoms with Crippen molar-refractivity contribution in [2.24, 2.45) is 5.92 Å². The Morgan fingerprint density at radius 1 is 0.850 bits per heavy atom. The molecular formula is C18H22OS. The highest BCUT2D eigenvalue weighted by molar-refractivity contribution is 7.99. The first-order chi connectivity index (χ1) is 9.65. The van der Waals surface area contributed by atoms with E-state index < -0.39 is 0 Å². The molecule has 106 valence electrons. The van der Waals surface area contributed by atoms with Crippen LogP contribution < -0.4 is 0 Å². The third kappa shape index (κ3) is 4.69. The maximum Gasteiger partial charge on any atom is 0.0790 e. The van der Waals surface area contributed by atoms with E-state index in [0.29, 0.717) is 5.92 Å². The third-order valence-electron chi connectivity index (χ3n) is 3.26. The molecule has 0 aromatic heterocycles. The molecular weight excluding hydrogens is 264 g/mol. The van der Waals surface area contributed by atoms with Crippen LogP contribution in [0.2, 0.25) is 0 Å². The van der Waals surface area contributed by atoms with E-state index in [1.54, 1.807) is 11.8 Å². The molecule has 20 heavy (non-hydrogen) atoms. The van der Waals surface area contributed by atoms with Gasteiger partial charge in [-0.1, -0.05) is 55.9 Å². The van der Waals surface area contributed by atoms with Crippen LogP contribution in [0.1, 0.15) is 38.4 Å². The smallest absolute Gasteiger partial charge is 0.0790 e. The highest BCUT2D eigenvalue weighted by Crippen LogP contribution is 2.29. The zero-order valence-corrected chi connectivity index (χ0v) is 12.9. The van der Waals surface area contributed by atoms with E-state index in [-0.39, 0.29) is 6.10 Å². The molecule has 0 aliphatic carbocycles. The molecule has 0 aliphatic heterocycles. The van der Waals surface area contributed by atoms with Crippen molar-refractivity contribution in [3.63, 3.8) is 0 Å². The Hall–Kier alpha value is -1.25. The molecule has 1 nitrogen and oxygen atoms in total. The molecule has 0 amide bonds. The van der Waals surface area contributed by atoms with Gasteiger partial charge in [-0.05, 0) is 48.6 Å². The van der Waals surface area contributed by atoms with E-state index in [0.717, 1.165) is 18.4 Å². The maximum absolute atomic E-state index is 10.1. The lowest BCUT2D eigenvalue weighted by Crippen LogP contribution is -1.99. The average Bonchev–Trinajstić information content (AvgIpc) is 2.46. The summed E-state index contributed by atoms with van der Waals surface area (Å²) in [6.07, 6.45) is 1.55. The summed E-state index contributed by atoms with van der Waals surface area (Å²) >= 11 is 1.74. The fourth-order valence-electron chi connectivity index (χ4n) is 2.04. The van der Waals surface area contributed by atoms with Crippen LogP contribution in [0.25, 0.3) is 0 Å². The van der Waals surface area contributed by atoms with Crippen LogP contribution in [-0.2, 0) is 0 Å². The molecule has 0 saturated carbocycles. The minimum atomic E-state index is -0.340. The van der Waals surface area contributed by atoms with Crippen LogP contribution >= 0.6 is 11.8 Å². The van der Waals surface area contributed by atoms with Crippen LogP contribution in [-0.4, -0.2) is 5.11 Å². The quantitative estimate of drug-likeness (QED) is 0.776. The molecule has 2 heteroatoms. The standard InChI is InChI=1S/C18H22OS/c1-14(2)8-13-18(19)15-9-11-17(12-10-15)20-16-6-4-3-5-7-16/h3-7,9-12,14,18-19H,8,13H2,1-2H3. The minimum Gasteiger partial charge on any atom is -0.388 e. The molecule has 1 atom stereocenters. The van der Waals surface area contributed by atoms with E-state index in [2.05, 4.69) is 38.1 Å². The minimum absolute atomic E-state index is 0.340. The van der Waals surface area contributed by atoms with Crippen LogP contribution in [0.4, 0.5) is 0 Å². The number of aliphatic hydroxyl groups excluding tert-OH is 1. The molecule has 1 unspecified atom stereocenters. The van der Waals surface area contributed by atoms with Gasteiger partial charge in [0.25, 0.3) is 0 Å². The van der Waals surface area contributed by atoms with Crippen molar-refractivity contribution in [2.45, 2.75) is 42.6 Å². The van der Waals surface area contributed by atoms with Gasteiger partial charge in [0.1, 0.15) is 0 Å². The maximum atomic E-state index is 10.1. The monoisotopic (exact) mass is 286 g/mol. The Morgan fingerprint density at radius 2 is 1.45 bits per heavy atom. The molecule has 0 aliphatic rings. The van der Waals surface area contributed by atoms with E-state index in [9.17, 15) is 5.11 Å². The summed E-state index contributed by atoms with van der Waals surface area (Å²) in [5.74, 6) is 0.637. The molecule has 0 bridgehead atoms. The average molecular weight is 286 g/mol. The predicted octanol–water partition coefficient (Wildman–Crippen LogP) is 5.31. The third-order valence-corrected chi connectivity index (χ3v) is 4.28. The summed E-state index contributed by atoms with van der Waals surface area (Å²) < 4.78 is 0. The molecule has 0 radical (unpaired) electrons. The Balaban J connectivity index is 1.96. The van der Waals surface area contributed by atoms with Gasteiger partial charge in [-0.15, -0.1) is 0 Å². The van der Waals surface area contributed by atoms with Crippen LogP contribution in [0, 0.1) is 5.92 Å². The van der Waals surface area contributed by atoms with Gasteiger partial charge in [0.15, 0.2) is 0 Å². The first-order valence-corrected chi connectivity index (χ1v) is 7.97. The van der Waals surface area contributed by atoms with Gasteiger partial charge in [0, 0.05) is 9.79 Å². The fraction of sp³-hybridized carbons (Fsp3) is 0.333. The molecule has 1 N–H and O–H groups in total.